The molecule has 70 heavy (non-hydrogen) atoms. The number of imidazole rings is 1. The number of anilines is 1. The smallest absolute Gasteiger partial charge is 0.756 e. The molecule has 0 aromatic carbocycles. The number of nitrogens with zero attached hydrogens (tertiary/aromatic N) is 4. The van der Waals surface area contributed by atoms with Crippen molar-refractivity contribution < 1.29 is 137 Å². The monoisotopic (exact) mass is 1050 g/mol. The zero-order chi connectivity index (χ0) is 49.7. The van der Waals surface area contributed by atoms with E-state index in [0.717, 1.165) is 48.2 Å². The number of carbonyl (C=O) groups excluding carboxylic acids is 3. The number of amides is 2. The number of aromatic nitrogens is 4. The first-order valence-corrected chi connectivity index (χ1v) is 28.0. The van der Waals surface area contributed by atoms with Crippen molar-refractivity contribution in [2.45, 2.75) is 161 Å². The second kappa shape index (κ2) is 34.8. The first-order chi connectivity index (χ1) is 31.6. The molecule has 2 aromatic rings. The van der Waals surface area contributed by atoms with Gasteiger partial charge in [-0.1, -0.05) is 122 Å². The third kappa shape index (κ3) is 26.2. The molecule has 384 valence electrons. The fourth-order valence-electron chi connectivity index (χ4n) is 6.99. The quantitative estimate of drug-likeness (QED) is 0.0213. The average molecular weight is 1050 g/mol. The molecule has 2 amide bonds. The van der Waals surface area contributed by atoms with Crippen molar-refractivity contribution in [2.24, 2.45) is 5.41 Å². The summed E-state index contributed by atoms with van der Waals surface area (Å²) in [5.74, 6) is -1.11. The molecule has 3 rings (SSSR count). The molecule has 0 spiro atoms. The molecule has 0 radical (unpaired) electrons. The summed E-state index contributed by atoms with van der Waals surface area (Å²) in [4.78, 5) is 94.9. The van der Waals surface area contributed by atoms with Gasteiger partial charge in [-0.25, -0.2) is 19.3 Å². The summed E-state index contributed by atoms with van der Waals surface area (Å²) >= 11 is 1.15. The van der Waals surface area contributed by atoms with E-state index in [1.54, 1.807) is 0 Å². The molecule has 7 N–H and O–H groups in total. The number of hydrogen-bond acceptors (Lipinski definition) is 21. The van der Waals surface area contributed by atoms with Crippen LogP contribution in [0.1, 0.15) is 136 Å². The number of aliphatic hydroxyl groups excluding tert-OH is 2. The maximum atomic E-state index is 12.6. The van der Waals surface area contributed by atoms with Crippen LogP contribution in [0.3, 0.4) is 0 Å². The number of nitrogen functional groups attached to an aromatic ring is 1. The van der Waals surface area contributed by atoms with Crippen LogP contribution in [0.25, 0.3) is 11.2 Å². The van der Waals surface area contributed by atoms with Crippen LogP contribution in [0.2, 0.25) is 0 Å². The van der Waals surface area contributed by atoms with E-state index >= 15 is 0 Å². The SMILES string of the molecule is CCCCCCCCCCCCCCCCCC(=O)SCCNC(=O)CCNC(=O)C(O)C(C)(C)COP(=O)([O-])OP(=O)([O-])OCC1OC(n2cnc3c(N)ncnc32)C(O)C1OP(=O)([O-])O.[Li+].[Li+].[Li+]. The van der Waals surface area contributed by atoms with Crippen LogP contribution in [0.15, 0.2) is 12.7 Å². The van der Waals surface area contributed by atoms with Gasteiger partial charge in [0, 0.05) is 37.1 Å². The molecule has 31 heteroatoms. The van der Waals surface area contributed by atoms with Gasteiger partial charge in [-0.3, -0.25) is 32.6 Å². The van der Waals surface area contributed by atoms with Crippen molar-refractivity contribution in [3.05, 3.63) is 12.7 Å². The minimum atomic E-state index is -5.90. The van der Waals surface area contributed by atoms with Crippen LogP contribution in [-0.2, 0) is 50.7 Å². The number of aliphatic hydroxyl groups is 2. The maximum absolute atomic E-state index is 12.6. The number of nitrogens with one attached hydrogen (secondary N) is 2. The van der Waals surface area contributed by atoms with E-state index in [1.807, 2.05) is 0 Å². The second-order valence-corrected chi connectivity index (χ2v) is 22.2. The van der Waals surface area contributed by atoms with Crippen molar-refractivity contribution in [2.75, 3.05) is 37.8 Å². The zero-order valence-electron chi connectivity index (χ0n) is 41.3. The van der Waals surface area contributed by atoms with E-state index in [4.69, 9.17) is 10.5 Å². The number of phosphoric ester groups is 3. The number of carbonyl (C=O) groups is 3. The average Bonchev–Trinajstić information content (AvgIpc) is 3.81. The number of unbranched alkanes of at least 4 members (excludes halogenated alkanes) is 14. The minimum absolute atomic E-state index is 0. The molecule has 0 bridgehead atoms. The van der Waals surface area contributed by atoms with Crippen LogP contribution in [-0.4, -0.2) is 108 Å². The third-order valence-electron chi connectivity index (χ3n) is 10.7. The van der Waals surface area contributed by atoms with Crippen molar-refractivity contribution in [3.63, 3.8) is 0 Å². The molecular weight excluding hydrogens is 984 g/mol. The van der Waals surface area contributed by atoms with Crippen LogP contribution in [0, 0.1) is 5.41 Å². The van der Waals surface area contributed by atoms with Crippen molar-refractivity contribution in [3.8, 4) is 0 Å². The van der Waals surface area contributed by atoms with E-state index in [9.17, 15) is 57.9 Å². The predicted molar refractivity (Wildman–Crippen MR) is 240 cm³/mol. The summed E-state index contributed by atoms with van der Waals surface area (Å²) in [5.41, 5.74) is 4.14. The standard InChI is InChI=1S/C39H70N7O17P3S.3Li/c1-4-5-6-7-8-9-10-11-12-13-14-15-16-17-18-19-30(48)67-23-22-41-29(47)20-21-42-37(51)34(50)39(2,3)25-60-66(57,58)63-65(55,56)59-24-28-33(62-64(52,53)54)32(49)38(61-28)46-27-45-31-35(40)43-26-44-36(31)46;;;/h26-28,32-34,38,49-50H,4-25H2,1-3H3,(H,41,47)(H,42,51)(H,55,56)(H,57,58)(H2,40,43,44)(H2,52,53,54);;;/q;3*+1/p-3. The molecule has 1 saturated heterocycles. The topological polar surface area (TPSA) is 372 Å². The summed E-state index contributed by atoms with van der Waals surface area (Å²) in [6.45, 7) is 2.47. The van der Waals surface area contributed by atoms with Crippen LogP contribution >= 0.6 is 35.2 Å². The van der Waals surface area contributed by atoms with E-state index in [-0.39, 0.29) is 98.2 Å². The Hall–Kier alpha value is -0.648. The number of ether oxygens (including phenoxy) is 1. The Morgan fingerprint density at radius 3 is 1.99 bits per heavy atom. The molecule has 8 atom stereocenters. The summed E-state index contributed by atoms with van der Waals surface area (Å²) in [6.07, 6.45) is 11.8. The predicted octanol–water partition coefficient (Wildman–Crippen LogP) is -5.96. The Morgan fingerprint density at radius 1 is 0.857 bits per heavy atom. The summed E-state index contributed by atoms with van der Waals surface area (Å²) in [5, 5.41) is 26.5. The number of hydrogen-bond donors (Lipinski definition) is 6. The molecule has 1 fully saturated rings. The van der Waals surface area contributed by atoms with E-state index in [1.165, 1.54) is 90.9 Å². The van der Waals surface area contributed by atoms with Gasteiger partial charge in [-0.2, -0.15) is 0 Å². The molecule has 24 nitrogen and oxygen atoms in total. The first kappa shape index (κ1) is 69.4. The molecule has 0 saturated carbocycles. The van der Waals surface area contributed by atoms with Gasteiger partial charge in [0.25, 0.3) is 23.5 Å². The van der Waals surface area contributed by atoms with Crippen LogP contribution in [0.4, 0.5) is 5.82 Å². The fraction of sp³-hybridized carbons (Fsp3) is 0.795. The normalized spacial score (nSPS) is 19.9. The Labute approximate surface area is 450 Å². The molecule has 2 aromatic heterocycles. The maximum Gasteiger partial charge on any atom is 1.00 e. The van der Waals surface area contributed by atoms with Gasteiger partial charge in [-0.15, -0.1) is 0 Å². The van der Waals surface area contributed by atoms with Gasteiger partial charge in [-0.05, 0) is 6.42 Å². The first-order valence-electron chi connectivity index (χ1n) is 22.5. The van der Waals surface area contributed by atoms with Crippen LogP contribution < -0.4 is 87.6 Å². The zero-order valence-corrected chi connectivity index (χ0v) is 44.8. The van der Waals surface area contributed by atoms with Gasteiger partial charge < -0.3 is 64.5 Å². The summed E-state index contributed by atoms with van der Waals surface area (Å²) in [6, 6.07) is 0. The Morgan fingerprint density at radius 2 is 1.41 bits per heavy atom. The Bertz CT molecular complexity index is 2010. The number of phosphoric acid groups is 3. The van der Waals surface area contributed by atoms with Gasteiger partial charge in [0.1, 0.15) is 36.3 Å². The Balaban J connectivity index is 0.0000159. The van der Waals surface area contributed by atoms with Gasteiger partial charge in [0.05, 0.1) is 19.5 Å². The number of rotatable bonds is 35. The van der Waals surface area contributed by atoms with Crippen molar-refractivity contribution in [1.29, 1.82) is 0 Å². The van der Waals surface area contributed by atoms with Gasteiger partial charge in [0.2, 0.25) is 11.8 Å². The molecular formula is C39H67Li3N7O17P3S. The largest absolute Gasteiger partial charge is 1.00 e. The molecule has 3 heterocycles. The number of thioether (sulfide) groups is 1. The third-order valence-corrected chi connectivity index (χ3v) is 14.7. The molecule has 1 aliphatic rings. The summed E-state index contributed by atoms with van der Waals surface area (Å²) in [7, 11) is -17.3. The van der Waals surface area contributed by atoms with Gasteiger partial charge >= 0.3 is 56.6 Å². The molecule has 8 unspecified atom stereocenters. The second-order valence-electron chi connectivity index (χ2n) is 16.9. The van der Waals surface area contributed by atoms with Gasteiger partial charge in [0.15, 0.2) is 22.8 Å². The van der Waals surface area contributed by atoms with Crippen molar-refractivity contribution in [1.82, 2.24) is 30.2 Å². The number of nitrogens with two attached hydrogens (primary N) is 1. The van der Waals surface area contributed by atoms with E-state index in [0.29, 0.717) is 12.2 Å². The summed E-state index contributed by atoms with van der Waals surface area (Å²) < 4.78 is 61.2. The van der Waals surface area contributed by atoms with Crippen LogP contribution in [0.5, 0.6) is 0 Å². The van der Waals surface area contributed by atoms with E-state index in [2.05, 4.69) is 50.4 Å². The molecule has 1 aliphatic heterocycles. The Kier molecular flexibility index (Phi) is 34.5. The number of fused-ring (bicyclic) bond motifs is 1. The minimum Gasteiger partial charge on any atom is -0.756 e. The fourth-order valence-corrected chi connectivity index (χ4v) is 10.5. The molecule has 0 aliphatic carbocycles. The van der Waals surface area contributed by atoms with E-state index < -0.39 is 84.6 Å². The van der Waals surface area contributed by atoms with Crippen molar-refractivity contribution >= 4 is 69.1 Å².